The molecule has 5 unspecified atom stereocenters. The van der Waals surface area contributed by atoms with Crippen LogP contribution in [0.4, 0.5) is 0 Å². The van der Waals surface area contributed by atoms with Crippen LogP contribution < -0.4 is 11.5 Å². The molecule has 2 rings (SSSR count). The Morgan fingerprint density at radius 1 is 1.32 bits per heavy atom. The van der Waals surface area contributed by atoms with Crippen molar-refractivity contribution in [2.45, 2.75) is 51.0 Å². The van der Waals surface area contributed by atoms with Crippen LogP contribution in [0.2, 0.25) is 6.32 Å². The van der Waals surface area contributed by atoms with E-state index in [1.165, 1.54) is 0 Å². The Morgan fingerprint density at radius 3 is 2.48 bits per heavy atom. The van der Waals surface area contributed by atoms with Crippen molar-refractivity contribution in [3.63, 3.8) is 0 Å². The zero-order valence-electron chi connectivity index (χ0n) is 15.0. The highest BCUT2D eigenvalue weighted by Crippen LogP contribution is 2.49. The van der Waals surface area contributed by atoms with Crippen LogP contribution in [0.15, 0.2) is 0 Å². The Kier molecular flexibility index (Phi) is 6.14. The highest BCUT2D eigenvalue weighted by Gasteiger charge is 2.58. The summed E-state index contributed by atoms with van der Waals surface area (Å²) in [5.74, 6) is -1.29. The molecule has 0 radical (unpaired) electrons. The van der Waals surface area contributed by atoms with Crippen molar-refractivity contribution in [2.75, 3.05) is 13.1 Å². The second kappa shape index (κ2) is 7.61. The Morgan fingerprint density at radius 2 is 1.96 bits per heavy atom. The lowest BCUT2D eigenvalue weighted by Crippen LogP contribution is -2.54. The number of likely N-dealkylation sites (tertiary alicyclic amines) is 1. The number of hydrogen-bond donors (Lipinski definition) is 5. The lowest BCUT2D eigenvalue weighted by atomic mass is 9.76. The van der Waals surface area contributed by atoms with Crippen molar-refractivity contribution in [1.29, 1.82) is 0 Å². The Balaban J connectivity index is 2.10. The van der Waals surface area contributed by atoms with Crippen LogP contribution in [0, 0.1) is 23.7 Å². The Labute approximate surface area is 148 Å². The number of hydrogen-bond acceptors (Lipinski definition) is 6. The normalized spacial score (nSPS) is 32.8. The number of fused-ring (bicyclic) bond motifs is 1. The number of nitrogens with two attached hydrogens (primary N) is 2. The molecule has 0 aromatic heterocycles. The summed E-state index contributed by atoms with van der Waals surface area (Å²) in [6, 6.07) is -0.552. The van der Waals surface area contributed by atoms with Crippen LogP contribution >= 0.6 is 0 Å². The number of rotatable bonds is 7. The average molecular weight is 355 g/mol. The first-order valence-corrected chi connectivity index (χ1v) is 9.00. The van der Waals surface area contributed by atoms with E-state index in [0.717, 1.165) is 0 Å². The molecular formula is C16H30BN3O5. The summed E-state index contributed by atoms with van der Waals surface area (Å²) in [7, 11) is -1.40. The predicted octanol–water partition coefficient (Wildman–Crippen LogP) is -0.901. The maximum absolute atomic E-state index is 12.5. The molecule has 2 aliphatic rings. The zero-order chi connectivity index (χ0) is 18.9. The second-order valence-electron chi connectivity index (χ2n) is 8.00. The van der Waals surface area contributed by atoms with Gasteiger partial charge < -0.3 is 31.5 Å². The Hall–Kier alpha value is -1.16. The highest BCUT2D eigenvalue weighted by atomic mass is 16.4. The first-order chi connectivity index (χ1) is 11.6. The molecule has 1 saturated carbocycles. The number of amides is 1. The largest absolute Gasteiger partial charge is 0.480 e. The topological polar surface area (TPSA) is 150 Å². The fourth-order valence-electron chi connectivity index (χ4n) is 4.45. The van der Waals surface area contributed by atoms with Gasteiger partial charge in [-0.3, -0.25) is 9.59 Å². The van der Waals surface area contributed by atoms with Gasteiger partial charge in [-0.2, -0.15) is 0 Å². The molecule has 142 valence electrons. The lowest BCUT2D eigenvalue weighted by Gasteiger charge is -2.32. The van der Waals surface area contributed by atoms with Crippen LogP contribution in [-0.4, -0.2) is 63.7 Å². The highest BCUT2D eigenvalue weighted by molar-refractivity contribution is 6.40. The van der Waals surface area contributed by atoms with Crippen molar-refractivity contribution < 1.29 is 24.7 Å². The summed E-state index contributed by atoms with van der Waals surface area (Å²) in [5, 5.41) is 27.7. The molecule has 25 heavy (non-hydrogen) atoms. The monoisotopic (exact) mass is 355 g/mol. The summed E-state index contributed by atoms with van der Waals surface area (Å²) < 4.78 is 0. The number of carbonyl (C=O) groups excluding carboxylic acids is 1. The molecule has 1 saturated heterocycles. The SMILES string of the molecule is CC(C)C(N)C(=O)N1CC2CC(N)(C(=O)O)C(CCCB(O)O)C2C1. The van der Waals surface area contributed by atoms with E-state index in [0.29, 0.717) is 32.4 Å². The van der Waals surface area contributed by atoms with Crippen molar-refractivity contribution in [3.05, 3.63) is 0 Å². The summed E-state index contributed by atoms with van der Waals surface area (Å²) in [5.41, 5.74) is 10.9. The van der Waals surface area contributed by atoms with Crippen molar-refractivity contribution in [3.8, 4) is 0 Å². The fraction of sp³-hybridized carbons (Fsp3) is 0.875. The molecule has 5 atom stereocenters. The number of carbonyl (C=O) groups is 2. The fourth-order valence-corrected chi connectivity index (χ4v) is 4.45. The number of carboxylic acids is 1. The van der Waals surface area contributed by atoms with Crippen LogP contribution in [0.1, 0.15) is 33.1 Å². The van der Waals surface area contributed by atoms with E-state index in [2.05, 4.69) is 0 Å². The third kappa shape index (κ3) is 4.00. The van der Waals surface area contributed by atoms with E-state index >= 15 is 0 Å². The standard InChI is InChI=1S/C16H30BN3O5/c1-9(2)13(18)14(21)20-7-10-6-16(19,15(22)23)12(11(10)8-20)4-3-5-17(24)25/h9-13,24-25H,3-8,18-19H2,1-2H3,(H,22,23). The van der Waals surface area contributed by atoms with E-state index < -0.39 is 24.7 Å². The average Bonchev–Trinajstić information content (AvgIpc) is 3.02. The maximum atomic E-state index is 12.5. The van der Waals surface area contributed by atoms with E-state index in [4.69, 9.17) is 21.5 Å². The first kappa shape index (κ1) is 20.2. The first-order valence-electron chi connectivity index (χ1n) is 9.00. The molecule has 1 aliphatic carbocycles. The van der Waals surface area contributed by atoms with Crippen LogP contribution in [0.5, 0.6) is 0 Å². The van der Waals surface area contributed by atoms with Gasteiger partial charge in [0, 0.05) is 13.1 Å². The van der Waals surface area contributed by atoms with E-state index in [9.17, 15) is 14.7 Å². The van der Waals surface area contributed by atoms with Gasteiger partial charge in [0.2, 0.25) is 5.91 Å². The molecule has 7 N–H and O–H groups in total. The molecule has 8 nitrogen and oxygen atoms in total. The van der Waals surface area contributed by atoms with E-state index in [-0.39, 0.29) is 35.9 Å². The third-order valence-corrected chi connectivity index (χ3v) is 5.96. The predicted molar refractivity (Wildman–Crippen MR) is 93.3 cm³/mol. The molecule has 0 aromatic rings. The van der Waals surface area contributed by atoms with E-state index in [1.807, 2.05) is 13.8 Å². The van der Waals surface area contributed by atoms with Gasteiger partial charge >= 0.3 is 13.1 Å². The van der Waals surface area contributed by atoms with Gasteiger partial charge in [-0.05, 0) is 42.8 Å². The lowest BCUT2D eigenvalue weighted by molar-refractivity contribution is -0.145. The number of carboxylic acid groups (broad SMARTS) is 1. The second-order valence-corrected chi connectivity index (χ2v) is 8.00. The summed E-state index contributed by atoms with van der Waals surface area (Å²) in [4.78, 5) is 26.0. The maximum Gasteiger partial charge on any atom is 0.451 e. The minimum Gasteiger partial charge on any atom is -0.480 e. The molecule has 0 spiro atoms. The van der Waals surface area contributed by atoms with Gasteiger partial charge in [0.15, 0.2) is 0 Å². The van der Waals surface area contributed by atoms with Crippen molar-refractivity contribution in [1.82, 2.24) is 4.90 Å². The quantitative estimate of drug-likeness (QED) is 0.371. The van der Waals surface area contributed by atoms with Crippen molar-refractivity contribution >= 4 is 19.0 Å². The minimum atomic E-state index is -1.40. The van der Waals surface area contributed by atoms with Crippen LogP contribution in [0.25, 0.3) is 0 Å². The molecule has 2 fully saturated rings. The van der Waals surface area contributed by atoms with E-state index in [1.54, 1.807) is 4.90 Å². The summed E-state index contributed by atoms with van der Waals surface area (Å²) >= 11 is 0. The molecule has 0 aromatic carbocycles. The van der Waals surface area contributed by atoms with Gasteiger partial charge in [-0.1, -0.05) is 20.3 Å². The van der Waals surface area contributed by atoms with Gasteiger partial charge in [0.25, 0.3) is 0 Å². The van der Waals surface area contributed by atoms with Crippen LogP contribution in [0.3, 0.4) is 0 Å². The van der Waals surface area contributed by atoms with Crippen molar-refractivity contribution in [2.24, 2.45) is 35.1 Å². The summed E-state index contributed by atoms with van der Waals surface area (Å²) in [6.07, 6.45) is 1.50. The van der Waals surface area contributed by atoms with Gasteiger partial charge in [-0.25, -0.2) is 0 Å². The number of aliphatic carboxylic acids is 1. The molecule has 1 aliphatic heterocycles. The summed E-state index contributed by atoms with van der Waals surface area (Å²) in [6.45, 7) is 4.77. The smallest absolute Gasteiger partial charge is 0.451 e. The molecular weight excluding hydrogens is 325 g/mol. The molecule has 1 amide bonds. The zero-order valence-corrected chi connectivity index (χ0v) is 15.0. The number of nitrogens with zero attached hydrogens (tertiary/aromatic N) is 1. The third-order valence-electron chi connectivity index (χ3n) is 5.96. The molecule has 9 heteroatoms. The van der Waals surface area contributed by atoms with Gasteiger partial charge in [0.1, 0.15) is 5.54 Å². The molecule has 1 heterocycles. The van der Waals surface area contributed by atoms with Gasteiger partial charge in [0.05, 0.1) is 6.04 Å². The van der Waals surface area contributed by atoms with Crippen LogP contribution in [-0.2, 0) is 9.59 Å². The Bertz CT molecular complexity index is 518. The minimum absolute atomic E-state index is 0.0141. The van der Waals surface area contributed by atoms with Gasteiger partial charge in [-0.15, -0.1) is 0 Å². The molecule has 0 bridgehead atoms.